The molecule has 1 saturated heterocycles. The number of nitrogens with one attached hydrogen (secondary N) is 1. The molecule has 170 valence electrons. The average molecular weight is 463 g/mol. The van der Waals surface area contributed by atoms with Gasteiger partial charge in [0.25, 0.3) is 5.91 Å². The minimum atomic E-state index is -0.249. The van der Waals surface area contributed by atoms with Crippen molar-refractivity contribution in [3.8, 4) is 0 Å². The number of benzene rings is 2. The topological polar surface area (TPSA) is 50.2 Å². The van der Waals surface area contributed by atoms with Gasteiger partial charge in [-0.15, -0.1) is 11.3 Å². The molecule has 0 atom stereocenters. The normalized spacial score (nSPS) is 15.2. The predicted octanol–water partition coefficient (Wildman–Crippen LogP) is 4.99. The average Bonchev–Trinajstić information content (AvgIpc) is 3.39. The van der Waals surface area contributed by atoms with Crippen molar-refractivity contribution >= 4 is 27.5 Å². The highest BCUT2D eigenvalue weighted by molar-refractivity contribution is 7.20. The van der Waals surface area contributed by atoms with Gasteiger partial charge in [-0.2, -0.15) is 5.10 Å². The Hall–Kier alpha value is -3.03. The third-order valence-electron chi connectivity index (χ3n) is 6.25. The van der Waals surface area contributed by atoms with Crippen molar-refractivity contribution in [2.45, 2.75) is 38.9 Å². The molecule has 5 rings (SSSR count). The molecular weight excluding hydrogens is 435 g/mol. The summed E-state index contributed by atoms with van der Waals surface area (Å²) < 4.78 is 15.1. The van der Waals surface area contributed by atoms with Gasteiger partial charge in [-0.05, 0) is 49.1 Å². The summed E-state index contributed by atoms with van der Waals surface area (Å²) in [4.78, 5) is 17.1. The van der Waals surface area contributed by atoms with E-state index >= 15 is 0 Å². The molecule has 3 heterocycles. The van der Waals surface area contributed by atoms with E-state index < -0.39 is 0 Å². The zero-order valence-corrected chi connectivity index (χ0v) is 19.4. The first-order valence-electron chi connectivity index (χ1n) is 11.3. The Kier molecular flexibility index (Phi) is 6.24. The van der Waals surface area contributed by atoms with Gasteiger partial charge in [0.05, 0.1) is 17.1 Å². The van der Waals surface area contributed by atoms with E-state index in [9.17, 15) is 9.18 Å². The van der Waals surface area contributed by atoms with Crippen LogP contribution in [0, 0.1) is 12.7 Å². The zero-order chi connectivity index (χ0) is 22.8. The number of aryl methyl sites for hydroxylation is 1. The number of hydrogen-bond donors (Lipinski definition) is 1. The minimum Gasteiger partial charge on any atom is -0.349 e. The number of fused-ring (bicyclic) bond motifs is 1. The van der Waals surface area contributed by atoms with E-state index in [4.69, 9.17) is 0 Å². The van der Waals surface area contributed by atoms with E-state index in [1.807, 2.05) is 23.7 Å². The molecule has 0 spiro atoms. The molecule has 1 aliphatic heterocycles. The number of carbonyl (C=O) groups is 1. The highest BCUT2D eigenvalue weighted by Crippen LogP contribution is 2.29. The molecule has 1 N–H and O–H groups in total. The maximum Gasteiger partial charge on any atom is 0.261 e. The number of carbonyl (C=O) groups excluding carboxylic acids is 1. The van der Waals surface area contributed by atoms with Gasteiger partial charge in [0.1, 0.15) is 10.6 Å². The van der Waals surface area contributed by atoms with Crippen LogP contribution in [-0.4, -0.2) is 39.7 Å². The molecule has 0 radical (unpaired) electrons. The molecule has 7 heteroatoms. The summed E-state index contributed by atoms with van der Waals surface area (Å²) in [5.41, 5.74) is 3.20. The number of amides is 1. The van der Waals surface area contributed by atoms with Crippen molar-refractivity contribution in [3.05, 3.63) is 88.2 Å². The van der Waals surface area contributed by atoms with Gasteiger partial charge in [0, 0.05) is 31.1 Å². The van der Waals surface area contributed by atoms with E-state index in [1.165, 1.54) is 29.0 Å². The molecule has 4 aromatic rings. The van der Waals surface area contributed by atoms with Crippen LogP contribution in [0.3, 0.4) is 0 Å². The summed E-state index contributed by atoms with van der Waals surface area (Å²) in [6.45, 7) is 5.43. The van der Waals surface area contributed by atoms with E-state index in [0.717, 1.165) is 53.9 Å². The van der Waals surface area contributed by atoms with Gasteiger partial charge in [-0.1, -0.05) is 42.5 Å². The van der Waals surface area contributed by atoms with Crippen molar-refractivity contribution in [2.24, 2.45) is 0 Å². The van der Waals surface area contributed by atoms with E-state index in [0.29, 0.717) is 11.4 Å². The summed E-state index contributed by atoms with van der Waals surface area (Å²) in [5, 5.41) is 8.87. The van der Waals surface area contributed by atoms with Crippen LogP contribution in [0.25, 0.3) is 10.2 Å². The number of aromatic nitrogens is 2. The van der Waals surface area contributed by atoms with Crippen molar-refractivity contribution in [1.29, 1.82) is 0 Å². The van der Waals surface area contributed by atoms with Crippen LogP contribution in [0.5, 0.6) is 0 Å². The lowest BCUT2D eigenvalue weighted by Crippen LogP contribution is -2.44. The van der Waals surface area contributed by atoms with E-state index in [-0.39, 0.29) is 17.8 Å². The zero-order valence-electron chi connectivity index (χ0n) is 18.6. The van der Waals surface area contributed by atoms with Crippen LogP contribution < -0.4 is 5.32 Å². The molecule has 2 aromatic heterocycles. The molecule has 5 nitrogen and oxygen atoms in total. The van der Waals surface area contributed by atoms with Gasteiger partial charge in [0.15, 0.2) is 0 Å². The van der Waals surface area contributed by atoms with Crippen LogP contribution >= 0.6 is 11.3 Å². The van der Waals surface area contributed by atoms with Gasteiger partial charge >= 0.3 is 0 Å². The number of halogens is 1. The number of nitrogens with zero attached hydrogens (tertiary/aromatic N) is 3. The first-order valence-corrected chi connectivity index (χ1v) is 12.2. The summed E-state index contributed by atoms with van der Waals surface area (Å²) >= 11 is 1.47. The van der Waals surface area contributed by atoms with E-state index in [2.05, 4.69) is 39.6 Å². The molecule has 0 bridgehead atoms. The smallest absolute Gasteiger partial charge is 0.261 e. The molecule has 0 unspecified atom stereocenters. The maximum absolute atomic E-state index is 13.2. The van der Waals surface area contributed by atoms with Crippen LogP contribution in [0.15, 0.2) is 60.7 Å². The fourth-order valence-corrected chi connectivity index (χ4v) is 5.49. The SMILES string of the molecule is Cc1nn(Cc2ccc(F)cc2)c2sc(C(=O)NC3CCN(Cc4ccccc4)CC3)cc12. The van der Waals surface area contributed by atoms with Gasteiger partial charge in [0.2, 0.25) is 0 Å². The first-order chi connectivity index (χ1) is 16.0. The lowest BCUT2D eigenvalue weighted by Gasteiger charge is -2.32. The molecule has 1 aliphatic rings. The molecule has 1 amide bonds. The van der Waals surface area contributed by atoms with E-state index in [1.54, 1.807) is 12.1 Å². The maximum atomic E-state index is 13.2. The fourth-order valence-electron chi connectivity index (χ4n) is 4.43. The summed E-state index contributed by atoms with van der Waals surface area (Å²) in [6, 6.07) is 19.1. The highest BCUT2D eigenvalue weighted by Gasteiger charge is 2.23. The van der Waals surface area contributed by atoms with Crippen LogP contribution in [0.4, 0.5) is 4.39 Å². The lowest BCUT2D eigenvalue weighted by atomic mass is 10.0. The molecule has 2 aromatic carbocycles. The van der Waals surface area contributed by atoms with Crippen molar-refractivity contribution < 1.29 is 9.18 Å². The second kappa shape index (κ2) is 9.45. The van der Waals surface area contributed by atoms with Crippen molar-refractivity contribution in [2.75, 3.05) is 13.1 Å². The monoisotopic (exact) mass is 462 g/mol. The quantitative estimate of drug-likeness (QED) is 0.439. The Labute approximate surface area is 196 Å². The second-order valence-corrected chi connectivity index (χ2v) is 9.74. The third-order valence-corrected chi connectivity index (χ3v) is 7.40. The number of hydrogen-bond acceptors (Lipinski definition) is 4. The van der Waals surface area contributed by atoms with Crippen LogP contribution in [0.1, 0.15) is 39.3 Å². The summed E-state index contributed by atoms with van der Waals surface area (Å²) in [5.74, 6) is -0.257. The first kappa shape index (κ1) is 21.8. The third kappa shape index (κ3) is 4.99. The largest absolute Gasteiger partial charge is 0.349 e. The molecule has 0 saturated carbocycles. The van der Waals surface area contributed by atoms with Crippen LogP contribution in [-0.2, 0) is 13.1 Å². The van der Waals surface area contributed by atoms with Crippen molar-refractivity contribution in [3.63, 3.8) is 0 Å². The van der Waals surface area contributed by atoms with Gasteiger partial charge in [-0.25, -0.2) is 4.39 Å². The fraction of sp³-hybridized carbons (Fsp3) is 0.308. The Morgan fingerprint density at radius 2 is 1.76 bits per heavy atom. The lowest BCUT2D eigenvalue weighted by molar-refractivity contribution is 0.0913. The summed E-state index contributed by atoms with van der Waals surface area (Å²) in [7, 11) is 0. The Morgan fingerprint density at radius 3 is 2.48 bits per heavy atom. The Bertz CT molecular complexity index is 1240. The second-order valence-electron chi connectivity index (χ2n) is 8.71. The highest BCUT2D eigenvalue weighted by atomic mass is 32.1. The number of piperidine rings is 1. The Morgan fingerprint density at radius 1 is 1.06 bits per heavy atom. The minimum absolute atomic E-state index is 0.00885. The molecule has 1 fully saturated rings. The van der Waals surface area contributed by atoms with Gasteiger partial charge < -0.3 is 5.32 Å². The number of rotatable bonds is 6. The number of likely N-dealkylation sites (tertiary alicyclic amines) is 1. The molecular formula is C26H27FN4OS. The van der Waals surface area contributed by atoms with Crippen LogP contribution in [0.2, 0.25) is 0 Å². The molecule has 0 aliphatic carbocycles. The molecule has 33 heavy (non-hydrogen) atoms. The number of thiophene rings is 1. The van der Waals surface area contributed by atoms with Gasteiger partial charge in [-0.3, -0.25) is 14.4 Å². The van der Waals surface area contributed by atoms with Crippen molar-refractivity contribution in [1.82, 2.24) is 20.0 Å². The Balaban J connectivity index is 1.21. The summed E-state index contributed by atoms with van der Waals surface area (Å²) in [6.07, 6.45) is 1.92. The standard InChI is InChI=1S/C26H27FN4OS/c1-18-23-15-24(33-26(23)31(29-18)17-20-7-9-21(27)10-8-20)25(32)28-22-11-13-30(14-12-22)16-19-5-3-2-4-6-19/h2-10,15,22H,11-14,16-17H2,1H3,(H,28,32). The predicted molar refractivity (Wildman–Crippen MR) is 130 cm³/mol.